The summed E-state index contributed by atoms with van der Waals surface area (Å²) < 4.78 is 0. The van der Waals surface area contributed by atoms with E-state index in [4.69, 9.17) is 5.11 Å². The summed E-state index contributed by atoms with van der Waals surface area (Å²) in [5, 5.41) is 8.54. The molecule has 0 unspecified atom stereocenters. The van der Waals surface area contributed by atoms with Gasteiger partial charge in [-0.25, -0.2) is 9.97 Å². The molecule has 4 heteroatoms. The van der Waals surface area contributed by atoms with Crippen LogP contribution in [0.2, 0.25) is 0 Å². The fourth-order valence-electron chi connectivity index (χ4n) is 1.01. The third-order valence-corrected chi connectivity index (χ3v) is 1.73. The van der Waals surface area contributed by atoms with Crippen LogP contribution in [0.4, 0.5) is 0 Å². The molecule has 0 aliphatic heterocycles. The quantitative estimate of drug-likeness (QED) is 0.773. The van der Waals surface area contributed by atoms with Crippen LogP contribution in [0.3, 0.4) is 0 Å². The van der Waals surface area contributed by atoms with E-state index in [9.17, 15) is 4.79 Å². The molecule has 0 aliphatic rings. The molecule has 0 saturated carbocycles. The number of aliphatic carboxylic acids is 1. The summed E-state index contributed by atoms with van der Waals surface area (Å²) in [5.74, 6) is -0.135. The van der Waals surface area contributed by atoms with Crippen LogP contribution in [0.5, 0.6) is 0 Å². The SMILES string of the molecule is CC(C)(C)c1ncc(CC(=O)O)cn1. The molecule has 14 heavy (non-hydrogen) atoms. The van der Waals surface area contributed by atoms with Gasteiger partial charge in [0.1, 0.15) is 5.82 Å². The van der Waals surface area contributed by atoms with E-state index in [2.05, 4.69) is 9.97 Å². The maximum atomic E-state index is 10.4. The van der Waals surface area contributed by atoms with Crippen molar-refractivity contribution in [3.05, 3.63) is 23.8 Å². The van der Waals surface area contributed by atoms with Crippen LogP contribution < -0.4 is 0 Å². The summed E-state index contributed by atoms with van der Waals surface area (Å²) in [6, 6.07) is 0. The Morgan fingerprint density at radius 3 is 2.21 bits per heavy atom. The van der Waals surface area contributed by atoms with E-state index in [0.29, 0.717) is 5.56 Å². The number of hydrogen-bond donors (Lipinski definition) is 1. The zero-order valence-electron chi connectivity index (χ0n) is 8.61. The van der Waals surface area contributed by atoms with Crippen LogP contribution >= 0.6 is 0 Å². The minimum absolute atomic E-state index is 0.0234. The highest BCUT2D eigenvalue weighted by Crippen LogP contribution is 2.17. The molecular formula is C10H14N2O2. The maximum absolute atomic E-state index is 10.4. The van der Waals surface area contributed by atoms with Gasteiger partial charge in [-0.3, -0.25) is 4.79 Å². The summed E-state index contributed by atoms with van der Waals surface area (Å²) in [6.07, 6.45) is 3.12. The van der Waals surface area contributed by atoms with Gasteiger partial charge in [0.15, 0.2) is 0 Å². The standard InChI is InChI=1S/C10H14N2O2/c1-10(2,3)9-11-5-7(6-12-9)4-8(13)14/h5-6H,4H2,1-3H3,(H,13,14). The van der Waals surface area contributed by atoms with Gasteiger partial charge in [0.2, 0.25) is 0 Å². The Bertz CT molecular complexity index is 325. The minimum Gasteiger partial charge on any atom is -0.481 e. The molecule has 0 atom stereocenters. The Morgan fingerprint density at radius 1 is 1.36 bits per heavy atom. The lowest BCUT2D eigenvalue weighted by molar-refractivity contribution is -0.136. The Labute approximate surface area is 83.0 Å². The number of carbonyl (C=O) groups is 1. The van der Waals surface area contributed by atoms with E-state index >= 15 is 0 Å². The Balaban J connectivity index is 2.84. The van der Waals surface area contributed by atoms with Crippen molar-refractivity contribution in [3.63, 3.8) is 0 Å². The lowest BCUT2D eigenvalue weighted by atomic mass is 9.96. The van der Waals surface area contributed by atoms with Gasteiger partial charge in [-0.2, -0.15) is 0 Å². The first kappa shape index (κ1) is 10.6. The Kier molecular flexibility index (Phi) is 2.84. The first-order valence-electron chi connectivity index (χ1n) is 4.43. The molecular weight excluding hydrogens is 180 g/mol. The normalized spacial score (nSPS) is 11.4. The largest absolute Gasteiger partial charge is 0.481 e. The van der Waals surface area contributed by atoms with Gasteiger partial charge in [0.25, 0.3) is 0 Å². The van der Waals surface area contributed by atoms with Crippen molar-refractivity contribution in [1.82, 2.24) is 9.97 Å². The number of nitrogens with zero attached hydrogens (tertiary/aromatic N) is 2. The van der Waals surface area contributed by atoms with Gasteiger partial charge in [-0.15, -0.1) is 0 Å². The highest BCUT2D eigenvalue weighted by atomic mass is 16.4. The van der Waals surface area contributed by atoms with Gasteiger partial charge >= 0.3 is 5.97 Å². The van der Waals surface area contributed by atoms with Crippen molar-refractivity contribution < 1.29 is 9.90 Å². The summed E-state index contributed by atoms with van der Waals surface area (Å²) in [4.78, 5) is 18.7. The average molecular weight is 194 g/mol. The molecule has 4 nitrogen and oxygen atoms in total. The molecule has 0 amide bonds. The third kappa shape index (κ3) is 2.80. The highest BCUT2D eigenvalue weighted by molar-refractivity contribution is 5.69. The fourth-order valence-corrected chi connectivity index (χ4v) is 1.01. The van der Waals surface area contributed by atoms with Gasteiger partial charge < -0.3 is 5.11 Å². The van der Waals surface area contributed by atoms with E-state index in [1.807, 2.05) is 20.8 Å². The van der Waals surface area contributed by atoms with Crippen molar-refractivity contribution >= 4 is 5.97 Å². The predicted octanol–water partition coefficient (Wildman–Crippen LogP) is 1.40. The molecule has 0 aromatic carbocycles. The molecule has 1 heterocycles. The summed E-state index contributed by atoms with van der Waals surface area (Å²) in [6.45, 7) is 6.04. The Morgan fingerprint density at radius 2 is 1.86 bits per heavy atom. The van der Waals surface area contributed by atoms with Crippen molar-refractivity contribution in [1.29, 1.82) is 0 Å². The van der Waals surface area contributed by atoms with Crippen LogP contribution in [-0.2, 0) is 16.6 Å². The van der Waals surface area contributed by atoms with Crippen molar-refractivity contribution in [2.75, 3.05) is 0 Å². The number of rotatable bonds is 2. The minimum atomic E-state index is -0.864. The second-order valence-corrected chi connectivity index (χ2v) is 4.24. The molecule has 1 aromatic heterocycles. The third-order valence-electron chi connectivity index (χ3n) is 1.73. The zero-order chi connectivity index (χ0) is 10.8. The zero-order valence-corrected chi connectivity index (χ0v) is 8.61. The van der Waals surface area contributed by atoms with Gasteiger partial charge in [0, 0.05) is 17.8 Å². The highest BCUT2D eigenvalue weighted by Gasteiger charge is 2.16. The number of carboxylic acid groups (broad SMARTS) is 1. The molecule has 0 aliphatic carbocycles. The van der Waals surface area contributed by atoms with Gasteiger partial charge in [0.05, 0.1) is 6.42 Å². The van der Waals surface area contributed by atoms with Gasteiger partial charge in [-0.1, -0.05) is 20.8 Å². The lowest BCUT2D eigenvalue weighted by Gasteiger charge is -2.15. The molecule has 1 N–H and O–H groups in total. The van der Waals surface area contributed by atoms with E-state index in [-0.39, 0.29) is 11.8 Å². The van der Waals surface area contributed by atoms with Crippen LogP contribution in [0, 0.1) is 0 Å². The van der Waals surface area contributed by atoms with Crippen molar-refractivity contribution in [2.45, 2.75) is 32.6 Å². The topological polar surface area (TPSA) is 63.1 Å². The second kappa shape index (κ2) is 3.74. The number of aromatic nitrogens is 2. The van der Waals surface area contributed by atoms with Crippen molar-refractivity contribution in [3.8, 4) is 0 Å². The molecule has 1 aromatic rings. The fraction of sp³-hybridized carbons (Fsp3) is 0.500. The smallest absolute Gasteiger partial charge is 0.307 e. The Hall–Kier alpha value is -1.45. The molecule has 0 radical (unpaired) electrons. The van der Waals surface area contributed by atoms with Gasteiger partial charge in [-0.05, 0) is 5.56 Å². The van der Waals surface area contributed by atoms with E-state index in [1.165, 1.54) is 0 Å². The first-order valence-corrected chi connectivity index (χ1v) is 4.43. The first-order chi connectivity index (χ1) is 6.39. The van der Waals surface area contributed by atoms with E-state index in [0.717, 1.165) is 5.82 Å². The predicted molar refractivity (Wildman–Crippen MR) is 52.1 cm³/mol. The second-order valence-electron chi connectivity index (χ2n) is 4.24. The molecule has 0 bridgehead atoms. The molecule has 76 valence electrons. The average Bonchev–Trinajstić information content (AvgIpc) is 2.02. The summed E-state index contributed by atoms with van der Waals surface area (Å²) >= 11 is 0. The molecule has 1 rings (SSSR count). The monoisotopic (exact) mass is 194 g/mol. The van der Waals surface area contributed by atoms with Crippen molar-refractivity contribution in [2.24, 2.45) is 0 Å². The molecule has 0 saturated heterocycles. The lowest BCUT2D eigenvalue weighted by Crippen LogP contribution is -2.16. The summed E-state index contributed by atoms with van der Waals surface area (Å²) in [5.41, 5.74) is 0.535. The maximum Gasteiger partial charge on any atom is 0.307 e. The number of carboxylic acids is 1. The van der Waals surface area contributed by atoms with Crippen LogP contribution in [-0.4, -0.2) is 21.0 Å². The van der Waals surface area contributed by atoms with E-state index < -0.39 is 5.97 Å². The van der Waals surface area contributed by atoms with Crippen LogP contribution in [0.1, 0.15) is 32.2 Å². The van der Waals surface area contributed by atoms with E-state index in [1.54, 1.807) is 12.4 Å². The van der Waals surface area contributed by atoms with Crippen LogP contribution in [0.25, 0.3) is 0 Å². The molecule has 0 spiro atoms. The summed E-state index contributed by atoms with van der Waals surface area (Å²) in [7, 11) is 0. The number of hydrogen-bond acceptors (Lipinski definition) is 3. The molecule has 0 fully saturated rings. The van der Waals surface area contributed by atoms with Crippen LogP contribution in [0.15, 0.2) is 12.4 Å².